The quantitative estimate of drug-likeness (QED) is 0.780. The van der Waals surface area contributed by atoms with Crippen LogP contribution in [0.1, 0.15) is 33.6 Å². The van der Waals surface area contributed by atoms with Crippen molar-refractivity contribution >= 4 is 24.2 Å². The van der Waals surface area contributed by atoms with E-state index in [2.05, 4.69) is 25.8 Å². The summed E-state index contributed by atoms with van der Waals surface area (Å²) in [4.78, 5) is 4.26. The van der Waals surface area contributed by atoms with E-state index in [0.717, 1.165) is 10.9 Å². The lowest BCUT2D eigenvalue weighted by molar-refractivity contribution is -0.0506. The zero-order chi connectivity index (χ0) is 15.7. The van der Waals surface area contributed by atoms with Gasteiger partial charge in [-0.05, 0) is 48.1 Å². The maximum absolute atomic E-state index is 10.2. The Bertz CT molecular complexity index is 499. The summed E-state index contributed by atoms with van der Waals surface area (Å²) in [7, 11) is 0. The molecule has 23 heavy (non-hydrogen) atoms. The second-order valence-electron chi connectivity index (χ2n) is 7.40. The van der Waals surface area contributed by atoms with Crippen LogP contribution in [-0.4, -0.2) is 34.7 Å². The Balaban J connectivity index is 0.00000192. The van der Waals surface area contributed by atoms with Crippen molar-refractivity contribution in [1.29, 1.82) is 0 Å². The van der Waals surface area contributed by atoms with Crippen molar-refractivity contribution in [3.05, 3.63) is 24.4 Å². The molecule has 5 atom stereocenters. The van der Waals surface area contributed by atoms with E-state index in [1.54, 1.807) is 18.0 Å². The molecule has 130 valence electrons. The average Bonchev–Trinajstić information content (AvgIpc) is 2.90. The van der Waals surface area contributed by atoms with Gasteiger partial charge in [0, 0.05) is 11.9 Å². The molecule has 2 bridgehead atoms. The number of rotatable bonds is 6. The van der Waals surface area contributed by atoms with Crippen LogP contribution < -0.4 is 0 Å². The van der Waals surface area contributed by atoms with Crippen LogP contribution >= 0.6 is 24.2 Å². The van der Waals surface area contributed by atoms with E-state index in [-0.39, 0.29) is 12.4 Å². The van der Waals surface area contributed by atoms with Crippen LogP contribution in [0.3, 0.4) is 0 Å². The fourth-order valence-corrected chi connectivity index (χ4v) is 5.42. The first kappa shape index (κ1) is 19.0. The summed E-state index contributed by atoms with van der Waals surface area (Å²) in [6, 6.07) is 5.85. The summed E-state index contributed by atoms with van der Waals surface area (Å²) >= 11 is 1.59. The predicted octanol–water partition coefficient (Wildman–Crippen LogP) is 4.04. The van der Waals surface area contributed by atoms with Crippen molar-refractivity contribution in [3.63, 3.8) is 0 Å². The van der Waals surface area contributed by atoms with Gasteiger partial charge in [-0.25, -0.2) is 4.98 Å². The molecule has 0 saturated heterocycles. The molecule has 0 aromatic carbocycles. The predicted molar refractivity (Wildman–Crippen MR) is 97.1 cm³/mol. The minimum absolute atomic E-state index is 0. The molecule has 0 spiro atoms. The second kappa shape index (κ2) is 7.73. The molecule has 1 heterocycles. The molecule has 0 aliphatic heterocycles. The van der Waals surface area contributed by atoms with E-state index in [9.17, 15) is 5.11 Å². The number of aliphatic hydroxyl groups is 1. The molecule has 1 N–H and O–H groups in total. The third kappa shape index (κ3) is 3.87. The maximum Gasteiger partial charge on any atom is 0.0960 e. The van der Waals surface area contributed by atoms with Gasteiger partial charge in [-0.15, -0.1) is 24.2 Å². The molecule has 1 aromatic rings. The van der Waals surface area contributed by atoms with E-state index in [0.29, 0.717) is 35.7 Å². The Morgan fingerprint density at radius 2 is 2.09 bits per heavy atom. The highest BCUT2D eigenvalue weighted by atomic mass is 35.5. The number of nitrogens with zero attached hydrogens (tertiary/aromatic N) is 1. The number of hydrogen-bond donors (Lipinski definition) is 1. The van der Waals surface area contributed by atoms with Crippen LogP contribution in [0.5, 0.6) is 0 Å². The van der Waals surface area contributed by atoms with Crippen molar-refractivity contribution in [2.45, 2.75) is 50.8 Å². The van der Waals surface area contributed by atoms with E-state index in [1.807, 2.05) is 18.2 Å². The Morgan fingerprint density at radius 1 is 1.35 bits per heavy atom. The first-order chi connectivity index (χ1) is 10.5. The number of halogens is 1. The van der Waals surface area contributed by atoms with Gasteiger partial charge < -0.3 is 9.84 Å². The van der Waals surface area contributed by atoms with Crippen LogP contribution in [0.15, 0.2) is 29.4 Å². The molecule has 2 aliphatic carbocycles. The van der Waals surface area contributed by atoms with Gasteiger partial charge >= 0.3 is 0 Å². The van der Waals surface area contributed by atoms with Crippen molar-refractivity contribution in [2.24, 2.45) is 23.2 Å². The van der Waals surface area contributed by atoms with Gasteiger partial charge in [0.2, 0.25) is 0 Å². The largest absolute Gasteiger partial charge is 0.390 e. The number of pyridine rings is 1. The Morgan fingerprint density at radius 3 is 2.70 bits per heavy atom. The molecule has 2 aliphatic rings. The van der Waals surface area contributed by atoms with Crippen LogP contribution in [0, 0.1) is 23.2 Å². The zero-order valence-corrected chi connectivity index (χ0v) is 15.8. The summed E-state index contributed by atoms with van der Waals surface area (Å²) in [5, 5.41) is 11.1. The monoisotopic (exact) mass is 357 g/mol. The van der Waals surface area contributed by atoms with Crippen molar-refractivity contribution in [2.75, 3.05) is 12.4 Å². The van der Waals surface area contributed by atoms with Crippen LogP contribution in [-0.2, 0) is 4.74 Å². The summed E-state index contributed by atoms with van der Waals surface area (Å²) in [5.74, 6) is 2.69. The van der Waals surface area contributed by atoms with Gasteiger partial charge in [0.25, 0.3) is 0 Å². The Hall–Kier alpha value is -0.290. The lowest BCUT2D eigenvalue weighted by atomic mass is 9.80. The molecule has 2 saturated carbocycles. The Kier molecular flexibility index (Phi) is 6.40. The molecule has 1 aromatic heterocycles. The molecular weight excluding hydrogens is 330 g/mol. The van der Waals surface area contributed by atoms with E-state index >= 15 is 0 Å². The van der Waals surface area contributed by atoms with Crippen molar-refractivity contribution in [1.82, 2.24) is 4.98 Å². The Labute approximate surface area is 150 Å². The number of thioether (sulfide) groups is 1. The molecule has 5 unspecified atom stereocenters. The third-order valence-electron chi connectivity index (χ3n) is 5.79. The molecule has 5 heteroatoms. The van der Waals surface area contributed by atoms with E-state index in [1.165, 1.54) is 12.8 Å². The lowest BCUT2D eigenvalue weighted by Crippen LogP contribution is -2.32. The van der Waals surface area contributed by atoms with Gasteiger partial charge in [0.05, 0.1) is 23.8 Å². The summed E-state index contributed by atoms with van der Waals surface area (Å²) in [6.07, 6.45) is 4.30. The summed E-state index contributed by atoms with van der Waals surface area (Å²) < 4.78 is 6.15. The molecule has 0 radical (unpaired) electrons. The van der Waals surface area contributed by atoms with E-state index in [4.69, 9.17) is 4.74 Å². The van der Waals surface area contributed by atoms with Crippen LogP contribution in [0.25, 0.3) is 0 Å². The van der Waals surface area contributed by atoms with Gasteiger partial charge in [-0.3, -0.25) is 0 Å². The highest BCUT2D eigenvalue weighted by Crippen LogP contribution is 2.60. The molecule has 0 amide bonds. The SMILES string of the molecule is CC1C(OCC(O)CSc2ccccn2)C2CCC1C2(C)C.Cl. The zero-order valence-electron chi connectivity index (χ0n) is 14.1. The van der Waals surface area contributed by atoms with Crippen LogP contribution in [0.4, 0.5) is 0 Å². The summed E-state index contributed by atoms with van der Waals surface area (Å²) in [5.41, 5.74) is 0.401. The lowest BCUT2D eigenvalue weighted by Gasteiger charge is -2.29. The number of fused-ring (bicyclic) bond motifs is 2. The fraction of sp³-hybridized carbons (Fsp3) is 0.722. The summed E-state index contributed by atoms with van der Waals surface area (Å²) in [6.45, 7) is 7.55. The third-order valence-corrected chi connectivity index (χ3v) is 6.88. The number of hydrogen-bond acceptors (Lipinski definition) is 4. The van der Waals surface area contributed by atoms with Crippen LogP contribution in [0.2, 0.25) is 0 Å². The number of ether oxygens (including phenoxy) is 1. The molecule has 3 rings (SSSR count). The molecule has 3 nitrogen and oxygen atoms in total. The molecule has 2 fully saturated rings. The van der Waals surface area contributed by atoms with E-state index < -0.39 is 6.10 Å². The topological polar surface area (TPSA) is 42.4 Å². The minimum Gasteiger partial charge on any atom is -0.390 e. The first-order valence-corrected chi connectivity index (χ1v) is 9.32. The number of aliphatic hydroxyl groups excluding tert-OH is 1. The minimum atomic E-state index is -0.429. The first-order valence-electron chi connectivity index (χ1n) is 8.33. The normalized spacial score (nSPS) is 32.5. The fourth-order valence-electron chi connectivity index (χ4n) is 4.65. The smallest absolute Gasteiger partial charge is 0.0960 e. The van der Waals surface area contributed by atoms with Crippen molar-refractivity contribution in [3.8, 4) is 0 Å². The van der Waals surface area contributed by atoms with Gasteiger partial charge in [-0.2, -0.15) is 0 Å². The van der Waals surface area contributed by atoms with Gasteiger partial charge in [0.15, 0.2) is 0 Å². The maximum atomic E-state index is 10.2. The number of aromatic nitrogens is 1. The highest BCUT2D eigenvalue weighted by Gasteiger charge is 2.57. The van der Waals surface area contributed by atoms with Gasteiger partial charge in [0.1, 0.15) is 0 Å². The highest BCUT2D eigenvalue weighted by molar-refractivity contribution is 7.99. The van der Waals surface area contributed by atoms with Crippen molar-refractivity contribution < 1.29 is 9.84 Å². The second-order valence-corrected chi connectivity index (χ2v) is 8.44. The molecular formula is C18H28ClNO2S. The average molecular weight is 358 g/mol. The standard InChI is InChI=1S/C18H27NO2S.ClH/c1-12-14-7-8-15(18(14,2)3)17(12)21-10-13(20)11-22-16-6-4-5-9-19-16;/h4-6,9,12-15,17,20H,7-8,10-11H2,1-3H3;1H. The van der Waals surface area contributed by atoms with Gasteiger partial charge in [-0.1, -0.05) is 26.8 Å².